The minimum absolute atomic E-state index is 0.695. The molecule has 0 spiro atoms. The third-order valence-electron chi connectivity index (χ3n) is 1.45. The van der Waals surface area contributed by atoms with E-state index >= 15 is 0 Å². The van der Waals surface area contributed by atoms with Gasteiger partial charge >= 0.3 is 0 Å². The van der Waals surface area contributed by atoms with Crippen molar-refractivity contribution >= 4 is 0 Å². The molecule has 0 aromatic carbocycles. The highest BCUT2D eigenvalue weighted by Gasteiger charge is 2.03. The summed E-state index contributed by atoms with van der Waals surface area (Å²) in [4.78, 5) is 0. The van der Waals surface area contributed by atoms with Crippen molar-refractivity contribution < 1.29 is 4.74 Å². The highest BCUT2D eigenvalue weighted by Crippen LogP contribution is 2.14. The van der Waals surface area contributed by atoms with Gasteiger partial charge in [0.05, 0.1) is 12.3 Å². The van der Waals surface area contributed by atoms with Crippen LogP contribution in [0.25, 0.3) is 0 Å². The monoisotopic (exact) mass is 139 g/mol. The van der Waals surface area contributed by atoms with Gasteiger partial charge < -0.3 is 10.5 Å². The summed E-state index contributed by atoms with van der Waals surface area (Å²) in [5, 5.41) is 0. The highest BCUT2D eigenvalue weighted by atomic mass is 16.5. The van der Waals surface area contributed by atoms with Crippen LogP contribution in [0.3, 0.4) is 0 Å². The molecule has 0 saturated heterocycles. The molecule has 0 heterocycles. The zero-order valence-electron chi connectivity index (χ0n) is 6.26. The Kier molecular flexibility index (Phi) is 2.37. The van der Waals surface area contributed by atoms with E-state index in [2.05, 4.69) is 0 Å². The molecule has 1 aliphatic rings. The molecular formula is C8H13NO. The maximum Gasteiger partial charge on any atom is 0.137 e. The lowest BCUT2D eigenvalue weighted by Gasteiger charge is -2.11. The van der Waals surface area contributed by atoms with E-state index in [1.54, 1.807) is 0 Å². The molecule has 2 nitrogen and oxygen atoms in total. The summed E-state index contributed by atoms with van der Waals surface area (Å²) in [5.41, 5.74) is 6.42. The molecule has 1 aliphatic carbocycles. The molecule has 2 N–H and O–H groups in total. The first kappa shape index (κ1) is 7.19. The predicted molar refractivity (Wildman–Crippen MR) is 41.2 cm³/mol. The lowest BCUT2D eigenvalue weighted by Crippen LogP contribution is -2.07. The molecule has 0 bridgehead atoms. The Bertz CT molecular complexity index is 170. The number of rotatable bonds is 2. The smallest absolute Gasteiger partial charge is 0.137 e. The first-order chi connectivity index (χ1) is 4.84. The van der Waals surface area contributed by atoms with Gasteiger partial charge in [0, 0.05) is 0 Å². The second-order valence-corrected chi connectivity index (χ2v) is 2.24. The third kappa shape index (κ3) is 1.53. The van der Waals surface area contributed by atoms with Crippen LogP contribution in [0.1, 0.15) is 19.8 Å². The van der Waals surface area contributed by atoms with Crippen molar-refractivity contribution in [1.82, 2.24) is 0 Å². The van der Waals surface area contributed by atoms with Crippen molar-refractivity contribution in [2.75, 3.05) is 6.61 Å². The molecule has 0 aromatic heterocycles. The van der Waals surface area contributed by atoms with E-state index in [0.29, 0.717) is 6.61 Å². The summed E-state index contributed by atoms with van der Waals surface area (Å²) in [6.45, 7) is 2.66. The fourth-order valence-electron chi connectivity index (χ4n) is 0.969. The van der Waals surface area contributed by atoms with Crippen molar-refractivity contribution in [3.05, 3.63) is 23.6 Å². The van der Waals surface area contributed by atoms with Crippen molar-refractivity contribution in [1.29, 1.82) is 0 Å². The fraction of sp³-hybridized carbons (Fsp3) is 0.500. The van der Waals surface area contributed by atoms with Crippen molar-refractivity contribution in [3.8, 4) is 0 Å². The summed E-state index contributed by atoms with van der Waals surface area (Å²) in [7, 11) is 0. The molecule has 0 amide bonds. The minimum atomic E-state index is 0.695. The van der Waals surface area contributed by atoms with E-state index in [4.69, 9.17) is 10.5 Å². The van der Waals surface area contributed by atoms with Gasteiger partial charge in [-0.2, -0.15) is 0 Å². The maximum absolute atomic E-state index is 5.63. The summed E-state index contributed by atoms with van der Waals surface area (Å²) >= 11 is 0. The zero-order chi connectivity index (χ0) is 7.40. The Labute approximate surface area is 61.4 Å². The number of ether oxygens (including phenoxy) is 1. The summed E-state index contributed by atoms with van der Waals surface area (Å²) < 4.78 is 5.26. The van der Waals surface area contributed by atoms with E-state index < -0.39 is 0 Å². The highest BCUT2D eigenvalue weighted by molar-refractivity contribution is 5.25. The second-order valence-electron chi connectivity index (χ2n) is 2.24. The number of allylic oxidation sites excluding steroid dienone is 2. The molecule has 56 valence electrons. The predicted octanol–water partition coefficient (Wildman–Crippen LogP) is 1.54. The van der Waals surface area contributed by atoms with Gasteiger partial charge in [0.1, 0.15) is 5.76 Å². The zero-order valence-corrected chi connectivity index (χ0v) is 6.26. The first-order valence-corrected chi connectivity index (χ1v) is 3.63. The topological polar surface area (TPSA) is 35.2 Å². The number of nitrogens with two attached hydrogens (primary N) is 1. The normalized spacial score (nSPS) is 17.7. The Morgan fingerprint density at radius 3 is 2.80 bits per heavy atom. The van der Waals surface area contributed by atoms with Crippen LogP contribution >= 0.6 is 0 Å². The Balaban J connectivity index is 2.56. The van der Waals surface area contributed by atoms with Crippen LogP contribution in [-0.2, 0) is 4.74 Å². The second kappa shape index (κ2) is 3.30. The van der Waals surface area contributed by atoms with Crippen molar-refractivity contribution in [3.63, 3.8) is 0 Å². The quantitative estimate of drug-likeness (QED) is 0.629. The van der Waals surface area contributed by atoms with Crippen molar-refractivity contribution in [2.45, 2.75) is 19.8 Å². The largest absolute Gasteiger partial charge is 0.492 e. The van der Waals surface area contributed by atoms with Crippen LogP contribution in [0, 0.1) is 0 Å². The van der Waals surface area contributed by atoms with Crippen LogP contribution in [0.4, 0.5) is 0 Å². The molecule has 0 unspecified atom stereocenters. The van der Waals surface area contributed by atoms with Crippen molar-refractivity contribution in [2.24, 2.45) is 5.73 Å². The maximum atomic E-state index is 5.63. The van der Waals surface area contributed by atoms with Crippen LogP contribution in [-0.4, -0.2) is 6.61 Å². The van der Waals surface area contributed by atoms with E-state index in [0.717, 1.165) is 24.3 Å². The van der Waals surface area contributed by atoms with Gasteiger partial charge in [-0.25, -0.2) is 0 Å². The van der Waals surface area contributed by atoms with Crippen LogP contribution < -0.4 is 5.73 Å². The van der Waals surface area contributed by atoms with E-state index in [-0.39, 0.29) is 0 Å². The van der Waals surface area contributed by atoms with E-state index in [1.807, 2.05) is 19.1 Å². The van der Waals surface area contributed by atoms with Crippen LogP contribution in [0.5, 0.6) is 0 Å². The summed E-state index contributed by atoms with van der Waals surface area (Å²) in [6, 6.07) is 0. The lowest BCUT2D eigenvalue weighted by atomic mass is 10.1. The van der Waals surface area contributed by atoms with E-state index in [9.17, 15) is 0 Å². The van der Waals surface area contributed by atoms with Gasteiger partial charge in [0.25, 0.3) is 0 Å². The molecule has 1 rings (SSSR count). The fourth-order valence-corrected chi connectivity index (χ4v) is 0.969. The standard InChI is InChI=1S/C8H13NO/c1-2-10-8-6-4-3-5-7(8)9/h5-6H,2-4,9H2,1H3. The molecule has 0 saturated carbocycles. The third-order valence-corrected chi connectivity index (χ3v) is 1.45. The van der Waals surface area contributed by atoms with Gasteiger partial charge in [-0.1, -0.05) is 6.08 Å². The average molecular weight is 139 g/mol. The lowest BCUT2D eigenvalue weighted by molar-refractivity contribution is 0.234. The van der Waals surface area contributed by atoms with Crippen LogP contribution in [0.2, 0.25) is 0 Å². The van der Waals surface area contributed by atoms with Gasteiger partial charge in [0.2, 0.25) is 0 Å². The Morgan fingerprint density at radius 2 is 2.20 bits per heavy atom. The summed E-state index contributed by atoms with van der Waals surface area (Å²) in [6.07, 6.45) is 6.14. The van der Waals surface area contributed by atoms with E-state index in [1.165, 1.54) is 0 Å². The molecular weight excluding hydrogens is 126 g/mol. The summed E-state index contributed by atoms with van der Waals surface area (Å²) in [5.74, 6) is 0.855. The van der Waals surface area contributed by atoms with Gasteiger partial charge in [-0.15, -0.1) is 0 Å². The number of hydrogen-bond acceptors (Lipinski definition) is 2. The van der Waals surface area contributed by atoms with Crippen LogP contribution in [0.15, 0.2) is 23.6 Å². The first-order valence-electron chi connectivity index (χ1n) is 3.63. The molecule has 0 fully saturated rings. The molecule has 0 radical (unpaired) electrons. The van der Waals surface area contributed by atoms with Gasteiger partial charge in [0.15, 0.2) is 0 Å². The minimum Gasteiger partial charge on any atom is -0.492 e. The Morgan fingerprint density at radius 1 is 1.50 bits per heavy atom. The number of hydrogen-bond donors (Lipinski definition) is 1. The SMILES string of the molecule is CCOC1=CCCC=C1N. The molecule has 10 heavy (non-hydrogen) atoms. The molecule has 0 aliphatic heterocycles. The molecule has 0 aromatic rings. The Hall–Kier alpha value is -0.920. The average Bonchev–Trinajstić information content (AvgIpc) is 1.94. The molecule has 0 atom stereocenters. The molecule has 2 heteroatoms. The van der Waals surface area contributed by atoms with Gasteiger partial charge in [-0.3, -0.25) is 0 Å². The van der Waals surface area contributed by atoms with Gasteiger partial charge in [-0.05, 0) is 25.8 Å².